The number of phosphoric acid groups is 1. The molecule has 0 radical (unpaired) electrons. The minimum atomic E-state index is -4.73. The summed E-state index contributed by atoms with van der Waals surface area (Å²) in [7, 11) is -4.73. The second kappa shape index (κ2) is 50.6. The summed E-state index contributed by atoms with van der Waals surface area (Å²) in [6, 6.07) is -3.39. The van der Waals surface area contributed by atoms with Crippen LogP contribution in [0.2, 0.25) is 0 Å². The fourth-order valence-electron chi connectivity index (χ4n) is 11.1. The van der Waals surface area contributed by atoms with Gasteiger partial charge in [0.2, 0.25) is 47.3 Å². The molecule has 602 valence electrons. The van der Waals surface area contributed by atoms with Gasteiger partial charge in [-0.2, -0.15) is 0 Å². The molecule has 15 atom stereocenters. The number of piperidine rings is 1. The lowest BCUT2D eigenvalue weighted by atomic mass is 9.97. The number of aliphatic hydroxyl groups excluding tert-OH is 9. The number of carbonyl (C=O) groups excluding carboxylic acids is 8. The maximum atomic E-state index is 13.9. The van der Waals surface area contributed by atoms with Crippen LogP contribution in [0.5, 0.6) is 0 Å². The molecule has 8 amide bonds. The third-order valence-electron chi connectivity index (χ3n) is 16.3. The molecule has 104 heavy (non-hydrogen) atoms. The minimum absolute atomic E-state index is 0.0146. The SMILES string of the molecule is CC(=O)NC1C(OCCOCCOCCNC(=O)CN(CCCN(CC(=O)NCCOCCOCCOC2OC(CO)C(O)C(O)C2NC(C)=O)C(=O)CCCC(=O)N2CCC(OP(=O)(O)O)CC2)CC(=O)NCCOCCOCCOC2OC(CO)C(O)C(O)C2NC(C)=O)OC(CO)C(O)C1O. The molecule has 43 heteroatoms. The second-order valence-electron chi connectivity index (χ2n) is 24.5. The highest BCUT2D eigenvalue weighted by atomic mass is 31.2. The van der Waals surface area contributed by atoms with Gasteiger partial charge >= 0.3 is 7.82 Å². The van der Waals surface area contributed by atoms with E-state index in [1.807, 2.05) is 0 Å². The van der Waals surface area contributed by atoms with E-state index in [0.717, 1.165) is 0 Å². The van der Waals surface area contributed by atoms with E-state index in [0.29, 0.717) is 0 Å². The summed E-state index contributed by atoms with van der Waals surface area (Å²) < 4.78 is 83.0. The Labute approximate surface area is 601 Å². The van der Waals surface area contributed by atoms with Crippen molar-refractivity contribution < 1.29 is 160 Å². The van der Waals surface area contributed by atoms with E-state index in [-0.39, 0.29) is 202 Å². The average Bonchev–Trinajstić information content (AvgIpc) is 0.823. The number of hydrogen-bond acceptors (Lipinski definition) is 32. The van der Waals surface area contributed by atoms with Crippen LogP contribution in [0.3, 0.4) is 0 Å². The lowest BCUT2D eigenvalue weighted by molar-refractivity contribution is -0.272. The van der Waals surface area contributed by atoms with Crippen LogP contribution in [0, 0.1) is 0 Å². The Hall–Kier alpha value is -5.01. The maximum Gasteiger partial charge on any atom is 0.469 e. The van der Waals surface area contributed by atoms with Gasteiger partial charge in [0.25, 0.3) is 0 Å². The number of rotatable bonds is 52. The lowest BCUT2D eigenvalue weighted by Crippen LogP contribution is -2.64. The number of nitrogens with zero attached hydrogens (tertiary/aromatic N) is 3. The molecule has 0 spiro atoms. The molecule has 15 unspecified atom stereocenters. The number of likely N-dealkylation sites (tertiary alicyclic amines) is 1. The van der Waals surface area contributed by atoms with E-state index >= 15 is 0 Å². The van der Waals surface area contributed by atoms with Crippen molar-refractivity contribution in [3.8, 4) is 0 Å². The van der Waals surface area contributed by atoms with E-state index in [9.17, 15) is 98.7 Å². The zero-order valence-corrected chi connectivity index (χ0v) is 59.9. The molecule has 4 heterocycles. The standard InChI is InChI=1S/C61H110N9O33P/c1-38(74)65-50-56(85)53(82)42(35-71)100-59(50)97-29-26-94-23-20-91-17-10-62-45(77)32-68(33-46(78)63-11-18-92-21-24-95-27-30-98-60-51(66-39(2)75)57(86)54(83)43(36-72)101-60)13-5-14-70(49(81)7-4-6-48(80)69-15-8-41(9-16-69)103-104(88,89)90)34-47(79)64-12-19-93-22-25-96-28-31-99-61-52(67-40(3)76)58(87)55(84)44(37-73)102-61/h41-44,50-61,71-73,82-87H,4-37H2,1-3H3,(H,62,77)(H,63,78)(H,64,79)(H,65,74)(H,66,75)(H,67,76)(H2,88,89,90). The summed E-state index contributed by atoms with van der Waals surface area (Å²) in [5.74, 6) is -3.90. The number of hydrogen-bond donors (Lipinski definition) is 17. The van der Waals surface area contributed by atoms with Gasteiger partial charge in [-0.25, -0.2) is 4.57 Å². The first-order valence-corrected chi connectivity index (χ1v) is 36.0. The highest BCUT2D eigenvalue weighted by molar-refractivity contribution is 7.46. The fourth-order valence-corrected chi connectivity index (χ4v) is 11.7. The van der Waals surface area contributed by atoms with Crippen LogP contribution in [-0.4, -0.2) is 400 Å². The number of carbonyl (C=O) groups is 8. The molecule has 4 fully saturated rings. The van der Waals surface area contributed by atoms with Crippen LogP contribution in [-0.2, 0) is 104 Å². The Bertz CT molecular complexity index is 2490. The Morgan fingerprint density at radius 3 is 1.12 bits per heavy atom. The lowest BCUT2D eigenvalue weighted by Gasteiger charge is -2.42. The van der Waals surface area contributed by atoms with Gasteiger partial charge in [0.15, 0.2) is 18.9 Å². The van der Waals surface area contributed by atoms with E-state index in [1.54, 1.807) is 0 Å². The fraction of sp³-hybridized carbons (Fsp3) is 0.869. The zero-order valence-electron chi connectivity index (χ0n) is 59.0. The zero-order chi connectivity index (χ0) is 76.6. The van der Waals surface area contributed by atoms with Crippen LogP contribution in [0.4, 0.5) is 0 Å². The Kier molecular flexibility index (Phi) is 44.4. The van der Waals surface area contributed by atoms with Crippen LogP contribution in [0.25, 0.3) is 0 Å². The van der Waals surface area contributed by atoms with Gasteiger partial charge in [0.05, 0.1) is 145 Å². The van der Waals surface area contributed by atoms with Crippen molar-refractivity contribution in [2.45, 2.75) is 157 Å². The molecule has 0 aromatic carbocycles. The van der Waals surface area contributed by atoms with Gasteiger partial charge in [0.1, 0.15) is 73.1 Å². The molecule has 4 saturated heterocycles. The van der Waals surface area contributed by atoms with Crippen molar-refractivity contribution >= 4 is 55.1 Å². The van der Waals surface area contributed by atoms with E-state index < -0.39 is 174 Å². The summed E-state index contributed by atoms with van der Waals surface area (Å²) in [5.41, 5.74) is 0. The normalized spacial score (nSPS) is 26.0. The molecule has 42 nitrogen and oxygen atoms in total. The van der Waals surface area contributed by atoms with Crippen molar-refractivity contribution in [3.05, 3.63) is 0 Å². The molecular weight excluding hydrogens is 1420 g/mol. The Morgan fingerprint density at radius 1 is 0.452 bits per heavy atom. The number of phosphoric ester groups is 1. The van der Waals surface area contributed by atoms with Crippen molar-refractivity contribution in [1.82, 2.24) is 46.6 Å². The molecule has 0 aromatic rings. The Morgan fingerprint density at radius 2 is 0.788 bits per heavy atom. The molecular formula is C61H110N9O33P. The first kappa shape index (κ1) is 91.4. The van der Waals surface area contributed by atoms with Crippen molar-refractivity contribution in [2.24, 2.45) is 0 Å². The molecule has 0 saturated carbocycles. The molecule has 4 rings (SSSR count). The van der Waals surface area contributed by atoms with E-state index in [4.69, 9.17) is 61.4 Å². The molecule has 0 aliphatic carbocycles. The van der Waals surface area contributed by atoms with Crippen molar-refractivity contribution in [2.75, 3.05) is 184 Å². The molecule has 0 bridgehead atoms. The van der Waals surface area contributed by atoms with Gasteiger partial charge in [-0.3, -0.25) is 47.8 Å². The van der Waals surface area contributed by atoms with Crippen LogP contribution in [0.15, 0.2) is 0 Å². The smallest absolute Gasteiger partial charge is 0.394 e. The monoisotopic (exact) mass is 1530 g/mol. The predicted molar refractivity (Wildman–Crippen MR) is 352 cm³/mol. The van der Waals surface area contributed by atoms with Gasteiger partial charge in [-0.15, -0.1) is 0 Å². The summed E-state index contributed by atoms with van der Waals surface area (Å²) in [5, 5.41) is 106. The van der Waals surface area contributed by atoms with Crippen LogP contribution >= 0.6 is 7.82 Å². The second-order valence-corrected chi connectivity index (χ2v) is 25.7. The van der Waals surface area contributed by atoms with Crippen molar-refractivity contribution in [3.63, 3.8) is 0 Å². The third-order valence-corrected chi connectivity index (χ3v) is 16.9. The van der Waals surface area contributed by atoms with Gasteiger partial charge in [0, 0.05) is 79.4 Å². The van der Waals surface area contributed by atoms with E-state index in [1.165, 1.54) is 35.5 Å². The number of ether oxygens (including phenoxy) is 12. The number of amides is 8. The summed E-state index contributed by atoms with van der Waals surface area (Å²) >= 11 is 0. The minimum Gasteiger partial charge on any atom is -0.394 e. The summed E-state index contributed by atoms with van der Waals surface area (Å²) in [4.78, 5) is 125. The van der Waals surface area contributed by atoms with Crippen molar-refractivity contribution in [1.29, 1.82) is 0 Å². The first-order valence-electron chi connectivity index (χ1n) is 34.5. The number of nitrogens with one attached hydrogen (secondary N) is 6. The summed E-state index contributed by atoms with van der Waals surface area (Å²) in [6.07, 6.45) is -16.4. The largest absolute Gasteiger partial charge is 0.469 e. The van der Waals surface area contributed by atoms with Gasteiger partial charge < -0.3 is 154 Å². The quantitative estimate of drug-likeness (QED) is 0.0199. The molecule has 17 N–H and O–H groups in total. The highest BCUT2D eigenvalue weighted by Gasteiger charge is 2.48. The molecule has 4 aliphatic heterocycles. The maximum absolute atomic E-state index is 13.9. The highest BCUT2D eigenvalue weighted by Crippen LogP contribution is 2.40. The third kappa shape index (κ3) is 35.4. The van der Waals surface area contributed by atoms with Gasteiger partial charge in [-0.05, 0) is 25.7 Å². The predicted octanol–water partition coefficient (Wildman–Crippen LogP) is -9.89. The van der Waals surface area contributed by atoms with Gasteiger partial charge in [-0.1, -0.05) is 0 Å². The Balaban J connectivity index is 1.29. The number of aliphatic hydroxyl groups is 9. The molecule has 4 aliphatic rings. The first-order chi connectivity index (χ1) is 49.7. The molecule has 0 aromatic heterocycles. The average molecular weight is 1530 g/mol. The summed E-state index contributed by atoms with van der Waals surface area (Å²) in [6.45, 7) is 1.69. The van der Waals surface area contributed by atoms with E-state index in [2.05, 4.69) is 31.9 Å². The topological polar surface area (TPSA) is 578 Å². The van der Waals surface area contributed by atoms with Crippen LogP contribution in [0.1, 0.15) is 59.3 Å². The van der Waals surface area contributed by atoms with Crippen LogP contribution < -0.4 is 31.9 Å².